The molecule has 1 nitrogen and oxygen atoms in total. The molecular weight excluding hydrogens is 230 g/mol. The van der Waals surface area contributed by atoms with Gasteiger partial charge in [-0.1, -0.05) is 36.4 Å². The molecule has 0 N–H and O–H groups in total. The fraction of sp³-hybridized carbons (Fsp3) is 0.133. The van der Waals surface area contributed by atoms with Gasteiger partial charge in [-0.2, -0.15) is 0 Å². The third-order valence-corrected chi connectivity index (χ3v) is 3.39. The van der Waals surface area contributed by atoms with E-state index < -0.39 is 0 Å². The summed E-state index contributed by atoms with van der Waals surface area (Å²) in [6.07, 6.45) is 0. The molecule has 0 aliphatic carbocycles. The fourth-order valence-electron chi connectivity index (χ4n) is 2.36. The molecule has 0 aliphatic rings. The zero-order chi connectivity index (χ0) is 11.8. The minimum Gasteiger partial charge on any atom is -0.251 e. The Kier molecular flexibility index (Phi) is 2.49. The monoisotopic (exact) mass is 241 g/mol. The highest BCUT2D eigenvalue weighted by Gasteiger charge is 2.08. The van der Waals surface area contributed by atoms with E-state index in [2.05, 4.69) is 36.2 Å². The van der Waals surface area contributed by atoms with Crippen LogP contribution in [0.1, 0.15) is 11.3 Å². The van der Waals surface area contributed by atoms with Crippen LogP contribution < -0.4 is 0 Å². The molecule has 0 amide bonds. The van der Waals surface area contributed by atoms with Gasteiger partial charge in [0.25, 0.3) is 0 Å². The second-order valence-corrected chi connectivity index (χ2v) is 4.47. The highest BCUT2D eigenvalue weighted by molar-refractivity contribution is 6.19. The third kappa shape index (κ3) is 1.58. The molecule has 1 heterocycles. The van der Waals surface area contributed by atoms with Crippen molar-refractivity contribution in [1.82, 2.24) is 4.98 Å². The molecule has 3 aromatic rings. The van der Waals surface area contributed by atoms with Gasteiger partial charge in [-0.05, 0) is 23.9 Å². The van der Waals surface area contributed by atoms with Gasteiger partial charge in [0.1, 0.15) is 0 Å². The van der Waals surface area contributed by atoms with E-state index in [1.807, 2.05) is 18.2 Å². The van der Waals surface area contributed by atoms with E-state index in [9.17, 15) is 0 Å². The number of hydrogen-bond donors (Lipinski definition) is 0. The summed E-state index contributed by atoms with van der Waals surface area (Å²) >= 11 is 5.98. The van der Waals surface area contributed by atoms with Crippen LogP contribution in [0.25, 0.3) is 21.7 Å². The van der Waals surface area contributed by atoms with E-state index >= 15 is 0 Å². The highest BCUT2D eigenvalue weighted by atomic mass is 35.5. The van der Waals surface area contributed by atoms with Crippen LogP contribution >= 0.6 is 11.6 Å². The van der Waals surface area contributed by atoms with Gasteiger partial charge in [0, 0.05) is 10.8 Å². The van der Waals surface area contributed by atoms with Gasteiger partial charge in [-0.25, -0.2) is 0 Å². The zero-order valence-electron chi connectivity index (χ0n) is 9.57. The molecule has 0 bridgehead atoms. The number of alkyl halides is 1. The van der Waals surface area contributed by atoms with Gasteiger partial charge >= 0.3 is 0 Å². The quantitative estimate of drug-likeness (QED) is 0.454. The Balaban J connectivity index is 2.61. The number of nitrogens with zero attached hydrogens (tertiary/aromatic N) is 1. The summed E-state index contributed by atoms with van der Waals surface area (Å²) in [6, 6.07) is 14.5. The maximum Gasteiger partial charge on any atom is 0.0714 e. The molecule has 3 rings (SSSR count). The summed E-state index contributed by atoms with van der Waals surface area (Å²) in [5.41, 5.74) is 3.24. The van der Waals surface area contributed by atoms with Gasteiger partial charge in [0.2, 0.25) is 0 Å². The third-order valence-electron chi connectivity index (χ3n) is 3.14. The maximum absolute atomic E-state index is 5.98. The lowest BCUT2D eigenvalue weighted by atomic mass is 10.0. The van der Waals surface area contributed by atoms with Crippen LogP contribution in [0.3, 0.4) is 0 Å². The molecule has 0 aliphatic heterocycles. The van der Waals surface area contributed by atoms with E-state index in [0.29, 0.717) is 5.88 Å². The molecule has 17 heavy (non-hydrogen) atoms. The minimum atomic E-state index is 0.449. The van der Waals surface area contributed by atoms with Crippen molar-refractivity contribution in [3.05, 3.63) is 53.7 Å². The first-order chi connectivity index (χ1) is 8.31. The molecule has 2 aromatic carbocycles. The zero-order valence-corrected chi connectivity index (χ0v) is 10.3. The Hall–Kier alpha value is -1.60. The first-order valence-electron chi connectivity index (χ1n) is 5.64. The first-order valence-corrected chi connectivity index (χ1v) is 6.17. The van der Waals surface area contributed by atoms with Gasteiger partial charge in [0.15, 0.2) is 0 Å². The number of rotatable bonds is 1. The summed E-state index contributed by atoms with van der Waals surface area (Å²) < 4.78 is 0. The lowest BCUT2D eigenvalue weighted by Gasteiger charge is -2.09. The summed E-state index contributed by atoms with van der Waals surface area (Å²) in [5.74, 6) is 0.449. The first kappa shape index (κ1) is 10.5. The SMILES string of the molecule is Cc1cccc2nc(CCl)c3ccccc3c12. The molecule has 0 saturated carbocycles. The van der Waals surface area contributed by atoms with E-state index in [1.54, 1.807) is 0 Å². The van der Waals surface area contributed by atoms with Crippen molar-refractivity contribution in [2.75, 3.05) is 0 Å². The molecule has 0 spiro atoms. The maximum atomic E-state index is 5.98. The predicted molar refractivity (Wildman–Crippen MR) is 73.5 cm³/mol. The van der Waals surface area contributed by atoms with Crippen molar-refractivity contribution in [2.45, 2.75) is 12.8 Å². The number of hydrogen-bond acceptors (Lipinski definition) is 1. The van der Waals surface area contributed by atoms with Crippen molar-refractivity contribution < 1.29 is 0 Å². The van der Waals surface area contributed by atoms with Gasteiger partial charge < -0.3 is 0 Å². The van der Waals surface area contributed by atoms with Crippen molar-refractivity contribution in [3.63, 3.8) is 0 Å². The average Bonchev–Trinajstić information content (AvgIpc) is 2.37. The second-order valence-electron chi connectivity index (χ2n) is 4.21. The molecule has 0 atom stereocenters. The van der Waals surface area contributed by atoms with Crippen LogP contribution in [0.15, 0.2) is 42.5 Å². The number of aromatic nitrogens is 1. The Bertz CT molecular complexity index is 704. The Morgan fingerprint density at radius 2 is 1.76 bits per heavy atom. The lowest BCUT2D eigenvalue weighted by molar-refractivity contribution is 1.25. The van der Waals surface area contributed by atoms with Crippen LogP contribution in [-0.4, -0.2) is 4.98 Å². The van der Waals surface area contributed by atoms with Gasteiger partial charge in [-0.15, -0.1) is 11.6 Å². The van der Waals surface area contributed by atoms with Crippen LogP contribution in [-0.2, 0) is 5.88 Å². The molecular formula is C15H12ClN. The van der Waals surface area contributed by atoms with Gasteiger partial charge in [0.05, 0.1) is 17.1 Å². The molecule has 0 saturated heterocycles. The fourth-order valence-corrected chi connectivity index (χ4v) is 2.56. The Morgan fingerprint density at radius 3 is 2.53 bits per heavy atom. The van der Waals surface area contributed by atoms with E-state index in [-0.39, 0.29) is 0 Å². The molecule has 0 fully saturated rings. The normalized spacial score (nSPS) is 11.2. The van der Waals surface area contributed by atoms with Crippen molar-refractivity contribution >= 4 is 33.3 Å². The summed E-state index contributed by atoms with van der Waals surface area (Å²) in [4.78, 5) is 4.65. The number of halogens is 1. The lowest BCUT2D eigenvalue weighted by Crippen LogP contribution is -1.92. The number of aryl methyl sites for hydroxylation is 1. The highest BCUT2D eigenvalue weighted by Crippen LogP contribution is 2.29. The summed E-state index contributed by atoms with van der Waals surface area (Å²) in [5, 5.41) is 3.63. The van der Waals surface area contributed by atoms with Crippen molar-refractivity contribution in [3.8, 4) is 0 Å². The smallest absolute Gasteiger partial charge is 0.0714 e. The largest absolute Gasteiger partial charge is 0.251 e. The predicted octanol–water partition coefficient (Wildman–Crippen LogP) is 4.44. The number of pyridine rings is 1. The Labute approximate surface area is 105 Å². The van der Waals surface area contributed by atoms with E-state index in [0.717, 1.165) is 16.6 Å². The molecule has 0 radical (unpaired) electrons. The van der Waals surface area contributed by atoms with Crippen LogP contribution in [0.4, 0.5) is 0 Å². The van der Waals surface area contributed by atoms with Crippen molar-refractivity contribution in [2.24, 2.45) is 0 Å². The number of benzene rings is 2. The molecule has 0 unspecified atom stereocenters. The molecule has 2 heteroatoms. The standard InChI is InChI=1S/C15H12ClN/c1-10-5-4-8-13-15(10)12-7-3-2-6-11(12)14(9-16)17-13/h2-8H,9H2,1H3. The minimum absolute atomic E-state index is 0.449. The topological polar surface area (TPSA) is 12.9 Å². The van der Waals surface area contributed by atoms with E-state index in [1.165, 1.54) is 16.3 Å². The molecule has 84 valence electrons. The Morgan fingerprint density at radius 1 is 1.00 bits per heavy atom. The second kappa shape index (κ2) is 4.01. The van der Waals surface area contributed by atoms with Crippen LogP contribution in [0, 0.1) is 6.92 Å². The number of fused-ring (bicyclic) bond motifs is 3. The van der Waals surface area contributed by atoms with E-state index in [4.69, 9.17) is 11.6 Å². The summed E-state index contributed by atoms with van der Waals surface area (Å²) in [7, 11) is 0. The summed E-state index contributed by atoms with van der Waals surface area (Å²) in [6.45, 7) is 2.12. The molecule has 1 aromatic heterocycles. The van der Waals surface area contributed by atoms with Gasteiger partial charge in [-0.3, -0.25) is 4.98 Å². The van der Waals surface area contributed by atoms with Crippen LogP contribution in [0.5, 0.6) is 0 Å². The van der Waals surface area contributed by atoms with Crippen LogP contribution in [0.2, 0.25) is 0 Å². The average molecular weight is 242 g/mol. The van der Waals surface area contributed by atoms with Crippen molar-refractivity contribution in [1.29, 1.82) is 0 Å².